The molecule has 0 aliphatic heterocycles. The van der Waals surface area contributed by atoms with E-state index in [0.717, 1.165) is 15.6 Å². The Morgan fingerprint density at radius 3 is 2.40 bits per heavy atom. The summed E-state index contributed by atoms with van der Waals surface area (Å²) in [6.45, 7) is 7.43. The molecule has 0 unspecified atom stereocenters. The molecule has 0 saturated carbocycles. The van der Waals surface area contributed by atoms with Crippen molar-refractivity contribution in [3.05, 3.63) is 27.2 Å². The first-order chi connectivity index (χ1) is 6.81. The molecule has 1 rings (SSSR count). The van der Waals surface area contributed by atoms with Gasteiger partial charge in [-0.15, -0.1) is 0 Å². The Balaban J connectivity index is 3.58. The van der Waals surface area contributed by atoms with Crippen LogP contribution in [0.1, 0.15) is 30.5 Å². The van der Waals surface area contributed by atoms with Crippen molar-refractivity contribution in [3.8, 4) is 11.8 Å². The molecule has 0 bridgehead atoms. The van der Waals surface area contributed by atoms with Crippen LogP contribution in [0.2, 0.25) is 0 Å². The van der Waals surface area contributed by atoms with E-state index in [-0.39, 0.29) is 5.75 Å². The number of nitriles is 1. The standard InChI is InChI=1S/C12H14BrNO/c1-7-5-9(15)10(8(2)11(7)13)12(3,4)6-14/h5,15H,1-4H3. The minimum atomic E-state index is -0.676. The fourth-order valence-electron chi connectivity index (χ4n) is 1.78. The van der Waals surface area contributed by atoms with Gasteiger partial charge in [0.05, 0.1) is 11.5 Å². The molecule has 0 fully saturated rings. The van der Waals surface area contributed by atoms with E-state index in [1.165, 1.54) is 0 Å². The predicted octanol–water partition coefficient (Wildman–Crippen LogP) is 3.57. The molecule has 3 heteroatoms. The van der Waals surface area contributed by atoms with Crippen molar-refractivity contribution in [2.45, 2.75) is 33.1 Å². The van der Waals surface area contributed by atoms with Crippen molar-refractivity contribution >= 4 is 15.9 Å². The van der Waals surface area contributed by atoms with Crippen LogP contribution in [0.4, 0.5) is 0 Å². The van der Waals surface area contributed by atoms with E-state index in [1.54, 1.807) is 19.9 Å². The second kappa shape index (κ2) is 3.86. The number of halogens is 1. The number of phenolic OH excluding ortho intramolecular Hbond substituents is 1. The summed E-state index contributed by atoms with van der Waals surface area (Å²) in [6, 6.07) is 3.89. The van der Waals surface area contributed by atoms with Gasteiger partial charge >= 0.3 is 0 Å². The first-order valence-electron chi connectivity index (χ1n) is 4.71. The van der Waals surface area contributed by atoms with Crippen LogP contribution < -0.4 is 0 Å². The summed E-state index contributed by atoms with van der Waals surface area (Å²) < 4.78 is 0.957. The average Bonchev–Trinajstić information content (AvgIpc) is 2.14. The number of aryl methyl sites for hydroxylation is 1. The number of benzene rings is 1. The maximum Gasteiger partial charge on any atom is 0.120 e. The van der Waals surface area contributed by atoms with Gasteiger partial charge in [0.2, 0.25) is 0 Å². The molecule has 0 amide bonds. The fraction of sp³-hybridized carbons (Fsp3) is 0.417. The Hall–Kier alpha value is -1.01. The van der Waals surface area contributed by atoms with E-state index in [0.29, 0.717) is 5.56 Å². The van der Waals surface area contributed by atoms with Gasteiger partial charge in [-0.3, -0.25) is 0 Å². The summed E-state index contributed by atoms with van der Waals surface area (Å²) in [5, 5.41) is 19.0. The lowest BCUT2D eigenvalue weighted by atomic mass is 9.82. The van der Waals surface area contributed by atoms with E-state index in [4.69, 9.17) is 5.26 Å². The average molecular weight is 268 g/mol. The topological polar surface area (TPSA) is 44.0 Å². The highest BCUT2D eigenvalue weighted by atomic mass is 79.9. The van der Waals surface area contributed by atoms with Gasteiger partial charge in [0.15, 0.2) is 0 Å². The summed E-state index contributed by atoms with van der Waals surface area (Å²) in [7, 11) is 0. The van der Waals surface area contributed by atoms with Gasteiger partial charge in [-0.2, -0.15) is 5.26 Å². The third kappa shape index (κ3) is 2.00. The zero-order valence-corrected chi connectivity index (χ0v) is 10.9. The van der Waals surface area contributed by atoms with Crippen LogP contribution in [0, 0.1) is 25.2 Å². The molecule has 0 radical (unpaired) electrons. The molecule has 0 aromatic heterocycles. The molecule has 15 heavy (non-hydrogen) atoms. The zero-order valence-electron chi connectivity index (χ0n) is 9.35. The van der Waals surface area contributed by atoms with Gasteiger partial charge < -0.3 is 5.11 Å². The largest absolute Gasteiger partial charge is 0.508 e. The molecule has 2 nitrogen and oxygen atoms in total. The van der Waals surface area contributed by atoms with Crippen molar-refractivity contribution in [2.75, 3.05) is 0 Å². The van der Waals surface area contributed by atoms with E-state index in [9.17, 15) is 5.11 Å². The fourth-order valence-corrected chi connectivity index (χ4v) is 2.10. The van der Waals surface area contributed by atoms with Crippen LogP contribution in [0.25, 0.3) is 0 Å². The third-order valence-electron chi connectivity index (χ3n) is 2.56. The quantitative estimate of drug-likeness (QED) is 0.846. The monoisotopic (exact) mass is 267 g/mol. The molecule has 1 N–H and O–H groups in total. The van der Waals surface area contributed by atoms with E-state index >= 15 is 0 Å². The molecule has 1 aromatic carbocycles. The Bertz CT molecular complexity index is 444. The van der Waals surface area contributed by atoms with Crippen molar-refractivity contribution < 1.29 is 5.11 Å². The normalized spacial score (nSPS) is 11.2. The van der Waals surface area contributed by atoms with E-state index in [1.807, 2.05) is 13.8 Å². The first-order valence-corrected chi connectivity index (χ1v) is 5.51. The second-order valence-electron chi connectivity index (χ2n) is 4.26. The molecule has 1 aromatic rings. The first kappa shape index (κ1) is 12.1. The van der Waals surface area contributed by atoms with Crippen LogP contribution in [0.15, 0.2) is 10.5 Å². The number of hydrogen-bond acceptors (Lipinski definition) is 2. The highest BCUT2D eigenvalue weighted by Gasteiger charge is 2.27. The molecule has 0 atom stereocenters. The molecule has 0 spiro atoms. The summed E-state index contributed by atoms with van der Waals surface area (Å²) >= 11 is 3.47. The van der Waals surface area contributed by atoms with Crippen molar-refractivity contribution in [1.82, 2.24) is 0 Å². The van der Waals surface area contributed by atoms with Gasteiger partial charge in [0.1, 0.15) is 5.75 Å². The van der Waals surface area contributed by atoms with Crippen molar-refractivity contribution in [1.29, 1.82) is 5.26 Å². The highest BCUT2D eigenvalue weighted by Crippen LogP contribution is 2.38. The van der Waals surface area contributed by atoms with E-state index in [2.05, 4.69) is 22.0 Å². The lowest BCUT2D eigenvalue weighted by Crippen LogP contribution is -2.16. The van der Waals surface area contributed by atoms with Gasteiger partial charge in [-0.1, -0.05) is 15.9 Å². The minimum Gasteiger partial charge on any atom is -0.508 e. The van der Waals surface area contributed by atoms with Crippen molar-refractivity contribution in [3.63, 3.8) is 0 Å². The van der Waals surface area contributed by atoms with Crippen molar-refractivity contribution in [2.24, 2.45) is 0 Å². The maximum atomic E-state index is 9.89. The summed E-state index contributed by atoms with van der Waals surface area (Å²) in [4.78, 5) is 0. The van der Waals surface area contributed by atoms with Gasteiger partial charge in [0, 0.05) is 10.0 Å². The molecule has 0 saturated heterocycles. The summed E-state index contributed by atoms with van der Waals surface area (Å²) in [5.41, 5.74) is 1.92. The number of hydrogen-bond donors (Lipinski definition) is 1. The molecule has 0 aliphatic rings. The van der Waals surface area contributed by atoms with Crippen LogP contribution >= 0.6 is 15.9 Å². The second-order valence-corrected chi connectivity index (χ2v) is 5.06. The lowest BCUT2D eigenvalue weighted by Gasteiger charge is -2.21. The molecule has 80 valence electrons. The predicted molar refractivity (Wildman–Crippen MR) is 63.9 cm³/mol. The number of aromatic hydroxyl groups is 1. The highest BCUT2D eigenvalue weighted by molar-refractivity contribution is 9.10. The summed E-state index contributed by atoms with van der Waals surface area (Å²) in [6.07, 6.45) is 0. The van der Waals surface area contributed by atoms with Crippen LogP contribution in [-0.4, -0.2) is 5.11 Å². The Morgan fingerprint density at radius 2 is 1.93 bits per heavy atom. The molecule has 0 aliphatic carbocycles. The number of nitrogens with zero attached hydrogens (tertiary/aromatic N) is 1. The van der Waals surface area contributed by atoms with Gasteiger partial charge in [-0.25, -0.2) is 0 Å². The van der Waals surface area contributed by atoms with E-state index < -0.39 is 5.41 Å². The zero-order chi connectivity index (χ0) is 11.8. The Labute approximate surface area is 98.7 Å². The van der Waals surface area contributed by atoms with Crippen LogP contribution in [0.5, 0.6) is 5.75 Å². The SMILES string of the molecule is Cc1cc(O)c(C(C)(C)C#N)c(C)c1Br. The number of phenols is 1. The Morgan fingerprint density at radius 1 is 1.40 bits per heavy atom. The smallest absolute Gasteiger partial charge is 0.120 e. The maximum absolute atomic E-state index is 9.89. The van der Waals surface area contributed by atoms with Crippen LogP contribution in [0.3, 0.4) is 0 Å². The van der Waals surface area contributed by atoms with Crippen LogP contribution in [-0.2, 0) is 5.41 Å². The summed E-state index contributed by atoms with van der Waals surface area (Å²) in [5.74, 6) is 0.194. The van der Waals surface area contributed by atoms with Gasteiger partial charge in [-0.05, 0) is 44.9 Å². The molecule has 0 heterocycles. The van der Waals surface area contributed by atoms with Gasteiger partial charge in [0.25, 0.3) is 0 Å². The lowest BCUT2D eigenvalue weighted by molar-refractivity contribution is 0.455. The number of rotatable bonds is 1. The molecular weight excluding hydrogens is 254 g/mol. The third-order valence-corrected chi connectivity index (χ3v) is 3.78. The molecular formula is C12H14BrNO. The Kier molecular flexibility index (Phi) is 3.11. The minimum absolute atomic E-state index is 0.194.